The van der Waals surface area contributed by atoms with Gasteiger partial charge in [-0.1, -0.05) is 55.4 Å². The molecule has 7 nitrogen and oxygen atoms in total. The average molecular weight is 591 g/mol. The van der Waals surface area contributed by atoms with Crippen LogP contribution in [0, 0.1) is 23.6 Å². The number of hydrogen-bond donors (Lipinski definition) is 2. The minimum Gasteiger partial charge on any atom is -0.478 e. The van der Waals surface area contributed by atoms with Crippen molar-refractivity contribution in [2.75, 3.05) is 18.5 Å². The molecule has 1 aliphatic heterocycles. The molecule has 1 aliphatic carbocycles. The minimum atomic E-state index is -4.02. The Hall–Kier alpha value is -3.71. The highest BCUT2D eigenvalue weighted by molar-refractivity contribution is 7.89. The molecular formula is C33H35FN2O5S. The number of carboxylic acids is 1. The van der Waals surface area contributed by atoms with Crippen LogP contribution >= 0.6 is 0 Å². The molecule has 220 valence electrons. The Morgan fingerprint density at radius 2 is 1.71 bits per heavy atom. The second kappa shape index (κ2) is 11.5. The monoisotopic (exact) mass is 590 g/mol. The summed E-state index contributed by atoms with van der Waals surface area (Å²) in [5.74, 6) is 3.65. The summed E-state index contributed by atoms with van der Waals surface area (Å²) >= 11 is 0. The summed E-state index contributed by atoms with van der Waals surface area (Å²) in [4.78, 5) is 13.8. The number of hydrogen-bond acceptors (Lipinski definition) is 5. The number of benzene rings is 3. The van der Waals surface area contributed by atoms with Gasteiger partial charge in [-0.25, -0.2) is 17.6 Å². The van der Waals surface area contributed by atoms with Gasteiger partial charge in [-0.05, 0) is 80.1 Å². The van der Waals surface area contributed by atoms with Gasteiger partial charge in [0.2, 0.25) is 10.0 Å². The van der Waals surface area contributed by atoms with Crippen molar-refractivity contribution in [1.29, 1.82) is 0 Å². The van der Waals surface area contributed by atoms with Crippen molar-refractivity contribution in [3.8, 4) is 23.0 Å². The number of para-hydroxylation sites is 1. The Kier molecular flexibility index (Phi) is 8.17. The lowest BCUT2D eigenvalue weighted by Crippen LogP contribution is -2.46. The molecule has 1 atom stereocenters. The molecule has 2 N–H and O–H groups in total. The van der Waals surface area contributed by atoms with E-state index in [4.69, 9.17) is 0 Å². The number of carbonyl (C=O) groups is 1. The van der Waals surface area contributed by atoms with Crippen LogP contribution in [0.1, 0.15) is 61.9 Å². The molecule has 0 aromatic heterocycles. The number of rotatable bonds is 4. The number of aromatic carboxylic acids is 1. The van der Waals surface area contributed by atoms with E-state index in [0.29, 0.717) is 28.9 Å². The molecule has 3 aromatic rings. The molecule has 5 rings (SSSR count). The number of halogens is 1. The predicted molar refractivity (Wildman–Crippen MR) is 161 cm³/mol. The van der Waals surface area contributed by atoms with E-state index in [2.05, 4.69) is 11.8 Å². The van der Waals surface area contributed by atoms with Crippen LogP contribution < -0.4 is 4.90 Å². The van der Waals surface area contributed by atoms with Gasteiger partial charge in [0.25, 0.3) is 0 Å². The number of aliphatic hydroxyl groups is 1. The number of nitrogens with zero attached hydrogens (tertiary/aromatic N) is 2. The topological polar surface area (TPSA) is 98.2 Å². The first-order valence-electron chi connectivity index (χ1n) is 14.1. The fraction of sp³-hybridized carbons (Fsp3) is 0.364. The van der Waals surface area contributed by atoms with Crippen LogP contribution in [-0.2, 0) is 10.0 Å². The average Bonchev–Trinajstić information content (AvgIpc) is 3.04. The minimum absolute atomic E-state index is 0.0529. The highest BCUT2D eigenvalue weighted by Crippen LogP contribution is 2.43. The predicted octanol–water partition coefficient (Wildman–Crippen LogP) is 6.03. The SMILES string of the molecule is CN1[C@H](C2CCCCC2)CN(c2ccccc2)c2cc(C#CC(C)(C)O)c(-c3ccc(F)c(C(=O)O)c3)cc2S1(=O)=O. The molecule has 3 aromatic carbocycles. The first-order chi connectivity index (χ1) is 19.9. The lowest BCUT2D eigenvalue weighted by Gasteiger charge is -2.36. The van der Waals surface area contributed by atoms with Crippen LogP contribution in [0.3, 0.4) is 0 Å². The fourth-order valence-corrected chi connectivity index (χ4v) is 7.56. The highest BCUT2D eigenvalue weighted by atomic mass is 32.2. The van der Waals surface area contributed by atoms with E-state index in [1.807, 2.05) is 35.2 Å². The number of sulfonamides is 1. The molecule has 0 spiro atoms. The molecule has 0 amide bonds. The van der Waals surface area contributed by atoms with Gasteiger partial charge < -0.3 is 15.1 Å². The van der Waals surface area contributed by atoms with Crippen LogP contribution in [0.25, 0.3) is 11.1 Å². The van der Waals surface area contributed by atoms with Crippen molar-refractivity contribution in [1.82, 2.24) is 4.31 Å². The molecule has 1 saturated carbocycles. The van der Waals surface area contributed by atoms with E-state index < -0.39 is 33.0 Å². The largest absolute Gasteiger partial charge is 0.478 e. The van der Waals surface area contributed by atoms with Gasteiger partial charge in [0.15, 0.2) is 0 Å². The lowest BCUT2D eigenvalue weighted by molar-refractivity contribution is 0.0692. The van der Waals surface area contributed by atoms with Crippen molar-refractivity contribution >= 4 is 27.4 Å². The Bertz CT molecular complexity index is 1670. The maximum Gasteiger partial charge on any atom is 0.338 e. The summed E-state index contributed by atoms with van der Waals surface area (Å²) in [5, 5.41) is 20.0. The van der Waals surface area contributed by atoms with Gasteiger partial charge >= 0.3 is 5.97 Å². The molecule has 0 radical (unpaired) electrons. The van der Waals surface area contributed by atoms with Crippen LogP contribution in [0.2, 0.25) is 0 Å². The number of fused-ring (bicyclic) bond motifs is 1. The Labute approximate surface area is 246 Å². The van der Waals surface area contributed by atoms with E-state index >= 15 is 0 Å². The summed E-state index contributed by atoms with van der Waals surface area (Å²) in [6.07, 6.45) is 5.16. The summed E-state index contributed by atoms with van der Waals surface area (Å²) in [6.45, 7) is 3.51. The van der Waals surface area contributed by atoms with Gasteiger partial charge in [-0.2, -0.15) is 4.31 Å². The van der Waals surface area contributed by atoms with E-state index in [1.165, 1.54) is 36.4 Å². The standard InChI is InChI=1S/C33H35FN2O5S/c1-33(2,39)17-16-24-19-29-31(20-26(24)23-14-15-28(34)27(18-23)32(37)38)42(40,41)35(3)30(22-10-6-4-7-11-22)21-36(29)25-12-8-5-9-13-25/h5,8-9,12-15,18-20,22,30,39H,4,6-7,10-11,21H2,1-3H3,(H,37,38)/t30-/m0/s1. The quantitative estimate of drug-likeness (QED) is 0.360. The highest BCUT2D eigenvalue weighted by Gasteiger charge is 2.41. The molecule has 9 heteroatoms. The molecular weight excluding hydrogens is 555 g/mol. The molecule has 1 heterocycles. The van der Waals surface area contributed by atoms with Gasteiger partial charge in [0.1, 0.15) is 16.3 Å². The Morgan fingerprint density at radius 3 is 2.36 bits per heavy atom. The second-order valence-corrected chi connectivity index (χ2v) is 13.6. The van der Waals surface area contributed by atoms with Crippen LogP contribution in [0.5, 0.6) is 0 Å². The van der Waals surface area contributed by atoms with Gasteiger partial charge in [0.05, 0.1) is 11.3 Å². The number of likely N-dealkylation sites (N-methyl/N-ethyl adjacent to an activating group) is 1. The van der Waals surface area contributed by atoms with Crippen molar-refractivity contribution < 1.29 is 27.8 Å². The van der Waals surface area contributed by atoms with Crippen molar-refractivity contribution in [3.63, 3.8) is 0 Å². The lowest BCUT2D eigenvalue weighted by atomic mass is 9.83. The maximum absolute atomic E-state index is 14.4. The summed E-state index contributed by atoms with van der Waals surface area (Å²) in [5.41, 5.74) is 0.393. The maximum atomic E-state index is 14.4. The molecule has 1 fully saturated rings. The normalized spacial score (nSPS) is 19.4. The third-order valence-electron chi connectivity index (χ3n) is 8.16. The van der Waals surface area contributed by atoms with E-state index in [1.54, 1.807) is 13.1 Å². The van der Waals surface area contributed by atoms with Crippen molar-refractivity contribution in [2.24, 2.45) is 5.92 Å². The van der Waals surface area contributed by atoms with Gasteiger partial charge in [-0.15, -0.1) is 0 Å². The van der Waals surface area contributed by atoms with E-state index in [0.717, 1.165) is 43.9 Å². The summed E-state index contributed by atoms with van der Waals surface area (Å²) in [7, 11) is -2.38. The van der Waals surface area contributed by atoms with Crippen LogP contribution in [-0.4, -0.2) is 54.1 Å². The third kappa shape index (κ3) is 5.93. The zero-order valence-corrected chi connectivity index (χ0v) is 24.8. The number of carboxylic acid groups (broad SMARTS) is 1. The van der Waals surface area contributed by atoms with Crippen LogP contribution in [0.4, 0.5) is 15.8 Å². The molecule has 0 saturated heterocycles. The molecule has 0 bridgehead atoms. The Morgan fingerprint density at radius 1 is 1.02 bits per heavy atom. The second-order valence-electron chi connectivity index (χ2n) is 11.6. The summed E-state index contributed by atoms with van der Waals surface area (Å²) in [6, 6.07) is 16.2. The summed E-state index contributed by atoms with van der Waals surface area (Å²) < 4.78 is 44.6. The van der Waals surface area contributed by atoms with Crippen LogP contribution in [0.15, 0.2) is 65.6 Å². The first kappa shape index (κ1) is 29.8. The third-order valence-corrected chi connectivity index (χ3v) is 10.1. The zero-order valence-electron chi connectivity index (χ0n) is 24.0. The number of anilines is 2. The molecule has 42 heavy (non-hydrogen) atoms. The smallest absolute Gasteiger partial charge is 0.338 e. The van der Waals surface area contributed by atoms with Gasteiger partial charge in [-0.3, -0.25) is 0 Å². The molecule has 0 unspecified atom stereocenters. The van der Waals surface area contributed by atoms with E-state index in [9.17, 15) is 27.8 Å². The fourth-order valence-electron chi connectivity index (χ4n) is 5.96. The van der Waals surface area contributed by atoms with Gasteiger partial charge in [0, 0.05) is 30.9 Å². The molecule has 2 aliphatic rings. The first-order valence-corrected chi connectivity index (χ1v) is 15.6. The van der Waals surface area contributed by atoms with Crippen molar-refractivity contribution in [2.45, 2.75) is 62.5 Å². The van der Waals surface area contributed by atoms with Crippen molar-refractivity contribution in [3.05, 3.63) is 77.6 Å². The zero-order chi connectivity index (χ0) is 30.2. The van der Waals surface area contributed by atoms with E-state index in [-0.39, 0.29) is 16.9 Å². The Balaban J connectivity index is 1.80.